The van der Waals surface area contributed by atoms with Crippen molar-refractivity contribution in [3.05, 3.63) is 30.1 Å². The van der Waals surface area contributed by atoms with Gasteiger partial charge in [0.05, 0.1) is 5.60 Å². The predicted octanol–water partition coefficient (Wildman–Crippen LogP) is 2.69. The molecule has 0 bridgehead atoms. The average molecular weight is 260 g/mol. The van der Waals surface area contributed by atoms with E-state index in [9.17, 15) is 0 Å². The fourth-order valence-corrected chi connectivity index (χ4v) is 3.76. The first-order chi connectivity index (χ1) is 9.27. The van der Waals surface area contributed by atoms with Gasteiger partial charge >= 0.3 is 0 Å². The van der Waals surface area contributed by atoms with Gasteiger partial charge in [-0.3, -0.25) is 4.98 Å². The van der Waals surface area contributed by atoms with E-state index in [4.69, 9.17) is 10.5 Å². The van der Waals surface area contributed by atoms with Crippen molar-refractivity contribution in [3.63, 3.8) is 0 Å². The number of hydrogen-bond donors (Lipinski definition) is 1. The van der Waals surface area contributed by atoms with Crippen molar-refractivity contribution in [1.82, 2.24) is 4.98 Å². The highest BCUT2D eigenvalue weighted by atomic mass is 16.5. The number of hydrogen-bond acceptors (Lipinski definition) is 3. The minimum absolute atomic E-state index is 0.179. The van der Waals surface area contributed by atoms with Crippen LogP contribution in [0.2, 0.25) is 0 Å². The van der Waals surface area contributed by atoms with Crippen LogP contribution in [0.15, 0.2) is 24.5 Å². The minimum Gasteiger partial charge on any atom is -0.375 e. The summed E-state index contributed by atoms with van der Waals surface area (Å²) in [4.78, 5) is 4.06. The summed E-state index contributed by atoms with van der Waals surface area (Å²) >= 11 is 0. The van der Waals surface area contributed by atoms with Crippen molar-refractivity contribution in [2.75, 3.05) is 6.61 Å². The summed E-state index contributed by atoms with van der Waals surface area (Å²) in [6, 6.07) is 4.40. The molecule has 2 fully saturated rings. The number of nitrogens with two attached hydrogens (primary N) is 1. The highest BCUT2D eigenvalue weighted by Crippen LogP contribution is 2.42. The lowest BCUT2D eigenvalue weighted by molar-refractivity contribution is -0.0960. The molecule has 0 radical (unpaired) electrons. The number of ether oxygens (including phenoxy) is 1. The normalized spacial score (nSPS) is 27.5. The van der Waals surface area contributed by atoms with Crippen LogP contribution in [-0.4, -0.2) is 23.2 Å². The Bertz CT molecular complexity index is 400. The molecule has 1 aliphatic heterocycles. The molecule has 104 valence electrons. The molecule has 0 aromatic carbocycles. The summed E-state index contributed by atoms with van der Waals surface area (Å²) in [5.74, 6) is 0.611. The van der Waals surface area contributed by atoms with Crippen LogP contribution < -0.4 is 5.73 Å². The van der Waals surface area contributed by atoms with Crippen molar-refractivity contribution in [2.24, 2.45) is 11.7 Å². The van der Waals surface area contributed by atoms with Gasteiger partial charge in [-0.1, -0.05) is 12.8 Å². The van der Waals surface area contributed by atoms with Crippen LogP contribution in [0.25, 0.3) is 0 Å². The highest BCUT2D eigenvalue weighted by molar-refractivity contribution is 5.12. The molecule has 2 heterocycles. The van der Waals surface area contributed by atoms with Crippen LogP contribution >= 0.6 is 0 Å². The minimum atomic E-state index is 0.179. The summed E-state index contributed by atoms with van der Waals surface area (Å²) in [5.41, 5.74) is 7.94. The van der Waals surface area contributed by atoms with Crippen LogP contribution in [0.5, 0.6) is 0 Å². The summed E-state index contributed by atoms with van der Waals surface area (Å²) in [6.45, 7) is 0.898. The van der Waals surface area contributed by atoms with E-state index in [1.807, 2.05) is 12.4 Å². The molecule has 1 aromatic heterocycles. The van der Waals surface area contributed by atoms with E-state index in [1.54, 1.807) is 0 Å². The zero-order valence-electron chi connectivity index (χ0n) is 11.6. The molecule has 3 rings (SSSR count). The van der Waals surface area contributed by atoms with Gasteiger partial charge in [0.2, 0.25) is 0 Å². The van der Waals surface area contributed by atoms with Gasteiger partial charge in [0.15, 0.2) is 0 Å². The lowest BCUT2D eigenvalue weighted by atomic mass is 9.79. The third-order valence-electron chi connectivity index (χ3n) is 4.87. The van der Waals surface area contributed by atoms with Crippen molar-refractivity contribution in [3.8, 4) is 0 Å². The third kappa shape index (κ3) is 2.98. The second-order valence-corrected chi connectivity index (χ2v) is 6.21. The Labute approximate surface area is 115 Å². The summed E-state index contributed by atoms with van der Waals surface area (Å²) < 4.78 is 6.09. The van der Waals surface area contributed by atoms with Gasteiger partial charge < -0.3 is 10.5 Å². The van der Waals surface area contributed by atoms with Crippen LogP contribution in [-0.2, 0) is 11.2 Å². The fraction of sp³-hybridized carbons (Fsp3) is 0.688. The topological polar surface area (TPSA) is 48.1 Å². The summed E-state index contributed by atoms with van der Waals surface area (Å²) in [7, 11) is 0. The quantitative estimate of drug-likeness (QED) is 0.909. The largest absolute Gasteiger partial charge is 0.375 e. The summed E-state index contributed by atoms with van der Waals surface area (Å²) in [6.07, 6.45) is 12.1. The van der Waals surface area contributed by atoms with E-state index in [-0.39, 0.29) is 11.6 Å². The van der Waals surface area contributed by atoms with E-state index >= 15 is 0 Å². The second-order valence-electron chi connectivity index (χ2n) is 6.21. The Morgan fingerprint density at radius 1 is 1.32 bits per heavy atom. The van der Waals surface area contributed by atoms with E-state index in [1.165, 1.54) is 37.7 Å². The van der Waals surface area contributed by atoms with Gasteiger partial charge in [0, 0.05) is 25.0 Å². The summed E-state index contributed by atoms with van der Waals surface area (Å²) in [5, 5.41) is 0. The molecule has 1 saturated carbocycles. The SMILES string of the molecule is NC(Cc1ccncc1)C1CCOC2(CCCC2)C1. The number of aromatic nitrogens is 1. The first-order valence-corrected chi connectivity index (χ1v) is 7.56. The smallest absolute Gasteiger partial charge is 0.0685 e. The van der Waals surface area contributed by atoms with Gasteiger partial charge in [-0.25, -0.2) is 0 Å². The third-order valence-corrected chi connectivity index (χ3v) is 4.87. The number of nitrogens with zero attached hydrogens (tertiary/aromatic N) is 1. The Kier molecular flexibility index (Phi) is 3.85. The Hall–Kier alpha value is -0.930. The molecule has 1 aliphatic carbocycles. The average Bonchev–Trinajstić information content (AvgIpc) is 2.88. The zero-order chi connectivity index (χ0) is 13.1. The molecule has 2 atom stereocenters. The lowest BCUT2D eigenvalue weighted by Gasteiger charge is -2.40. The standard InChI is InChI=1S/C16H24N2O/c17-15(11-13-3-8-18-9-4-13)14-5-10-19-16(12-14)6-1-2-7-16/h3-4,8-9,14-15H,1-2,5-7,10-12,17H2. The van der Waals surface area contributed by atoms with E-state index in [2.05, 4.69) is 17.1 Å². The first kappa shape index (κ1) is 13.1. The molecule has 1 saturated heterocycles. The van der Waals surface area contributed by atoms with E-state index in [0.717, 1.165) is 19.4 Å². The zero-order valence-corrected chi connectivity index (χ0v) is 11.6. The van der Waals surface area contributed by atoms with Gasteiger partial charge in [-0.05, 0) is 55.7 Å². The van der Waals surface area contributed by atoms with Crippen molar-refractivity contribution < 1.29 is 4.74 Å². The molecule has 0 amide bonds. The van der Waals surface area contributed by atoms with Gasteiger partial charge in [-0.2, -0.15) is 0 Å². The maximum atomic E-state index is 6.46. The fourth-order valence-electron chi connectivity index (χ4n) is 3.76. The molecule has 3 nitrogen and oxygen atoms in total. The second kappa shape index (κ2) is 5.59. The van der Waals surface area contributed by atoms with E-state index < -0.39 is 0 Å². The molecule has 2 aliphatic rings. The lowest BCUT2D eigenvalue weighted by Crippen LogP contribution is -2.44. The Morgan fingerprint density at radius 2 is 2.05 bits per heavy atom. The Morgan fingerprint density at radius 3 is 2.79 bits per heavy atom. The maximum absolute atomic E-state index is 6.46. The molecule has 1 aromatic rings. The monoisotopic (exact) mass is 260 g/mol. The molecule has 2 unspecified atom stereocenters. The van der Waals surface area contributed by atoms with Gasteiger partial charge in [0.25, 0.3) is 0 Å². The predicted molar refractivity (Wildman–Crippen MR) is 75.8 cm³/mol. The van der Waals surface area contributed by atoms with Crippen LogP contribution in [0.3, 0.4) is 0 Å². The molecule has 1 spiro atoms. The van der Waals surface area contributed by atoms with Crippen molar-refractivity contribution in [2.45, 2.75) is 56.6 Å². The van der Waals surface area contributed by atoms with Crippen LogP contribution in [0, 0.1) is 5.92 Å². The molecular weight excluding hydrogens is 236 g/mol. The molecule has 3 heteroatoms. The number of pyridine rings is 1. The number of rotatable bonds is 3. The van der Waals surface area contributed by atoms with Crippen LogP contribution in [0.4, 0.5) is 0 Å². The highest BCUT2D eigenvalue weighted by Gasteiger charge is 2.41. The van der Waals surface area contributed by atoms with E-state index in [0.29, 0.717) is 5.92 Å². The first-order valence-electron chi connectivity index (χ1n) is 7.56. The molecule has 19 heavy (non-hydrogen) atoms. The van der Waals surface area contributed by atoms with Crippen molar-refractivity contribution in [1.29, 1.82) is 0 Å². The van der Waals surface area contributed by atoms with Crippen LogP contribution in [0.1, 0.15) is 44.1 Å². The Balaban J connectivity index is 1.61. The molecular formula is C16H24N2O. The molecule has 2 N–H and O–H groups in total. The van der Waals surface area contributed by atoms with Crippen molar-refractivity contribution >= 4 is 0 Å². The van der Waals surface area contributed by atoms with Gasteiger partial charge in [-0.15, -0.1) is 0 Å². The van der Waals surface area contributed by atoms with Gasteiger partial charge in [0.1, 0.15) is 0 Å². The maximum Gasteiger partial charge on any atom is 0.0685 e.